The molecule has 5 nitrogen and oxygen atoms in total. The molecule has 3 unspecified atom stereocenters. The zero-order valence-corrected chi connectivity index (χ0v) is 12.4. The van der Waals surface area contributed by atoms with E-state index >= 15 is 0 Å². The van der Waals surface area contributed by atoms with E-state index in [2.05, 4.69) is 0 Å². The van der Waals surface area contributed by atoms with Crippen molar-refractivity contribution in [3.63, 3.8) is 0 Å². The Labute approximate surface area is 125 Å². The summed E-state index contributed by atoms with van der Waals surface area (Å²) < 4.78 is 10.5. The number of carbonyl (C=O) groups is 3. The number of carbonyl (C=O) groups excluding carboxylic acids is 3. The molecule has 1 aliphatic carbocycles. The van der Waals surface area contributed by atoms with E-state index in [0.717, 1.165) is 0 Å². The van der Waals surface area contributed by atoms with Crippen molar-refractivity contribution in [2.24, 2.45) is 11.8 Å². The van der Waals surface area contributed by atoms with Gasteiger partial charge in [0.05, 0.1) is 5.92 Å². The molecule has 1 aliphatic rings. The van der Waals surface area contributed by atoms with Gasteiger partial charge in [-0.05, 0) is 47.6 Å². The van der Waals surface area contributed by atoms with Crippen molar-refractivity contribution in [2.45, 2.75) is 25.0 Å². The van der Waals surface area contributed by atoms with Crippen molar-refractivity contribution in [3.8, 4) is 0 Å². The van der Waals surface area contributed by atoms with Gasteiger partial charge < -0.3 is 9.47 Å². The van der Waals surface area contributed by atoms with Crippen LogP contribution in [0.2, 0.25) is 0 Å². The van der Waals surface area contributed by atoms with Crippen molar-refractivity contribution >= 4 is 50.5 Å². The van der Waals surface area contributed by atoms with Gasteiger partial charge >= 0.3 is 0 Å². The van der Waals surface area contributed by atoms with Crippen LogP contribution in [0.15, 0.2) is 0 Å². The molecule has 1 fully saturated rings. The van der Waals surface area contributed by atoms with E-state index in [-0.39, 0.29) is 0 Å². The van der Waals surface area contributed by atoms with Gasteiger partial charge in [-0.3, -0.25) is 14.4 Å². The van der Waals surface area contributed by atoms with Crippen LogP contribution >= 0.6 is 34.8 Å². The number of hydrogen-bond acceptors (Lipinski definition) is 5. The minimum atomic E-state index is -1.45. The lowest BCUT2D eigenvalue weighted by Crippen LogP contribution is -2.53. The summed E-state index contributed by atoms with van der Waals surface area (Å²) in [6, 6.07) is 0. The van der Waals surface area contributed by atoms with E-state index in [1.54, 1.807) is 0 Å². The standard InChI is InChI=1S/C11H13Cl3O5/c1-18-11(19-5-7(12)15)4-2-3-6(9(13)16)8(11)10(14)17/h6,8H,2-5H2,1H3. The topological polar surface area (TPSA) is 69.7 Å². The van der Waals surface area contributed by atoms with Crippen LogP contribution in [0.5, 0.6) is 0 Å². The summed E-state index contributed by atoms with van der Waals surface area (Å²) in [7, 11) is 1.31. The molecule has 0 heterocycles. The summed E-state index contributed by atoms with van der Waals surface area (Å²) in [6.07, 6.45) is 1.28. The fourth-order valence-electron chi connectivity index (χ4n) is 2.40. The Morgan fingerprint density at radius 2 is 1.84 bits per heavy atom. The highest BCUT2D eigenvalue weighted by Crippen LogP contribution is 2.43. The number of hydrogen-bond donors (Lipinski definition) is 0. The average molecular weight is 332 g/mol. The number of rotatable bonds is 6. The van der Waals surface area contributed by atoms with Gasteiger partial charge in [-0.2, -0.15) is 0 Å². The molecule has 0 saturated heterocycles. The molecule has 8 heteroatoms. The van der Waals surface area contributed by atoms with E-state index in [1.807, 2.05) is 0 Å². The Kier molecular flexibility index (Phi) is 6.20. The van der Waals surface area contributed by atoms with Crippen molar-refractivity contribution in [1.29, 1.82) is 0 Å². The molecule has 1 saturated carbocycles. The van der Waals surface area contributed by atoms with Gasteiger partial charge in [0.1, 0.15) is 6.61 Å². The van der Waals surface area contributed by atoms with Crippen LogP contribution in [0.25, 0.3) is 0 Å². The van der Waals surface area contributed by atoms with Crippen molar-refractivity contribution in [2.75, 3.05) is 13.7 Å². The largest absolute Gasteiger partial charge is 0.352 e. The zero-order chi connectivity index (χ0) is 14.6. The summed E-state index contributed by atoms with van der Waals surface area (Å²) in [5, 5.41) is -2.21. The molecule has 108 valence electrons. The maximum absolute atomic E-state index is 11.6. The molecule has 0 spiro atoms. The predicted molar refractivity (Wildman–Crippen MR) is 69.1 cm³/mol. The number of ether oxygens (including phenoxy) is 2. The van der Waals surface area contributed by atoms with Crippen molar-refractivity contribution in [3.05, 3.63) is 0 Å². The van der Waals surface area contributed by atoms with Gasteiger partial charge in [0.25, 0.3) is 0 Å². The molecule has 0 N–H and O–H groups in total. The Bertz CT molecular complexity index is 387. The third kappa shape index (κ3) is 3.89. The Morgan fingerprint density at radius 3 is 2.26 bits per heavy atom. The summed E-state index contributed by atoms with van der Waals surface area (Å²) in [5.74, 6) is -3.31. The summed E-state index contributed by atoms with van der Waals surface area (Å²) in [6.45, 7) is -0.445. The first-order valence-electron chi connectivity index (χ1n) is 5.60. The molecule has 0 aromatic heterocycles. The van der Waals surface area contributed by atoms with Crippen LogP contribution in [0, 0.1) is 11.8 Å². The van der Waals surface area contributed by atoms with Crippen molar-refractivity contribution < 1.29 is 23.9 Å². The van der Waals surface area contributed by atoms with Crippen molar-refractivity contribution in [1.82, 2.24) is 0 Å². The molecule has 0 radical (unpaired) electrons. The SMILES string of the molecule is COC1(OCC(=O)Cl)CCCC(C(=O)Cl)C1C(=O)Cl. The lowest BCUT2D eigenvalue weighted by Gasteiger charge is -2.43. The second-order valence-corrected chi connectivity index (χ2v) is 5.41. The van der Waals surface area contributed by atoms with Gasteiger partial charge in [-0.15, -0.1) is 0 Å². The quantitative estimate of drug-likeness (QED) is 0.550. The smallest absolute Gasteiger partial charge is 0.247 e. The summed E-state index contributed by atoms with van der Waals surface area (Å²) >= 11 is 16.2. The lowest BCUT2D eigenvalue weighted by molar-refractivity contribution is -0.264. The Hall–Kier alpha value is -0.200. The first-order chi connectivity index (χ1) is 8.84. The van der Waals surface area contributed by atoms with Gasteiger partial charge in [0.2, 0.25) is 15.7 Å². The molecule has 1 rings (SSSR count). The third-order valence-corrected chi connectivity index (χ3v) is 3.85. The van der Waals surface area contributed by atoms with Gasteiger partial charge in [-0.25, -0.2) is 0 Å². The molecule has 0 aromatic rings. The molecule has 3 atom stereocenters. The van der Waals surface area contributed by atoms with Crippen LogP contribution in [0.4, 0.5) is 0 Å². The van der Waals surface area contributed by atoms with Gasteiger partial charge in [0.15, 0.2) is 5.79 Å². The van der Waals surface area contributed by atoms with Gasteiger partial charge in [-0.1, -0.05) is 0 Å². The molecular formula is C11H13Cl3O5. The second kappa shape index (κ2) is 6.99. The van der Waals surface area contributed by atoms with Crippen LogP contribution in [-0.2, 0) is 23.9 Å². The van der Waals surface area contributed by atoms with Gasteiger partial charge in [0, 0.05) is 19.4 Å². The molecule has 19 heavy (non-hydrogen) atoms. The molecular weight excluding hydrogens is 318 g/mol. The minimum Gasteiger partial charge on any atom is -0.352 e. The van der Waals surface area contributed by atoms with Crippen LogP contribution in [-0.4, -0.2) is 35.2 Å². The summed E-state index contributed by atoms with van der Waals surface area (Å²) in [5.41, 5.74) is 0. The predicted octanol–water partition coefficient (Wildman–Crippen LogP) is 2.06. The highest BCUT2D eigenvalue weighted by molar-refractivity contribution is 6.67. The third-order valence-electron chi connectivity index (χ3n) is 3.23. The van der Waals surface area contributed by atoms with E-state index in [1.165, 1.54) is 7.11 Å². The molecule has 0 aliphatic heterocycles. The minimum absolute atomic E-state index is 0.317. The molecule has 0 aromatic carbocycles. The Balaban J connectivity index is 3.06. The first kappa shape index (κ1) is 16.9. The highest BCUT2D eigenvalue weighted by atomic mass is 35.5. The highest BCUT2D eigenvalue weighted by Gasteiger charge is 2.52. The zero-order valence-electron chi connectivity index (χ0n) is 10.2. The fourth-order valence-corrected chi connectivity index (χ4v) is 3.01. The molecule has 0 bridgehead atoms. The second-order valence-electron chi connectivity index (χ2n) is 4.24. The number of methoxy groups -OCH3 is 1. The summed E-state index contributed by atoms with van der Waals surface area (Å²) in [4.78, 5) is 33.8. The van der Waals surface area contributed by atoms with Crippen LogP contribution in [0.1, 0.15) is 19.3 Å². The Morgan fingerprint density at radius 1 is 1.21 bits per heavy atom. The normalized spacial score (nSPS) is 30.9. The van der Waals surface area contributed by atoms with E-state index < -0.39 is 40.0 Å². The van der Waals surface area contributed by atoms with E-state index in [9.17, 15) is 14.4 Å². The fraction of sp³-hybridized carbons (Fsp3) is 0.727. The first-order valence-corrected chi connectivity index (χ1v) is 6.73. The van der Waals surface area contributed by atoms with E-state index in [4.69, 9.17) is 44.3 Å². The monoisotopic (exact) mass is 330 g/mol. The van der Waals surface area contributed by atoms with Crippen LogP contribution in [0.3, 0.4) is 0 Å². The molecule has 0 amide bonds. The number of halogens is 3. The van der Waals surface area contributed by atoms with E-state index in [0.29, 0.717) is 19.3 Å². The maximum Gasteiger partial charge on any atom is 0.247 e. The maximum atomic E-state index is 11.6. The lowest BCUT2D eigenvalue weighted by atomic mass is 9.76. The van der Waals surface area contributed by atoms with Crippen LogP contribution < -0.4 is 0 Å². The average Bonchev–Trinajstić information content (AvgIpc) is 2.35.